The van der Waals surface area contributed by atoms with E-state index in [1.165, 1.54) is 13.3 Å². The molecule has 0 saturated heterocycles. The van der Waals surface area contributed by atoms with Crippen molar-refractivity contribution in [2.75, 3.05) is 6.61 Å². The van der Waals surface area contributed by atoms with Gasteiger partial charge in [0.15, 0.2) is 0 Å². The highest BCUT2D eigenvalue weighted by atomic mass is 16.5. The van der Waals surface area contributed by atoms with E-state index < -0.39 is 5.97 Å². The summed E-state index contributed by atoms with van der Waals surface area (Å²) in [6.07, 6.45) is 5.12. The highest BCUT2D eigenvalue weighted by molar-refractivity contribution is 5.94. The van der Waals surface area contributed by atoms with Gasteiger partial charge in [0.2, 0.25) is 5.91 Å². The van der Waals surface area contributed by atoms with Crippen LogP contribution in [0.1, 0.15) is 46.0 Å². The molecule has 90 valence electrons. The molecule has 0 radical (unpaired) electrons. The van der Waals surface area contributed by atoms with Gasteiger partial charge in [-0.2, -0.15) is 0 Å². The first-order chi connectivity index (χ1) is 7.65. The zero-order chi connectivity index (χ0) is 12.0. The first-order valence-electron chi connectivity index (χ1n) is 5.82. The Morgan fingerprint density at radius 3 is 2.38 bits per heavy atom. The number of rotatable bonds is 3. The second-order valence-electron chi connectivity index (χ2n) is 3.94. The van der Waals surface area contributed by atoms with Crippen LogP contribution in [0.4, 0.5) is 0 Å². The number of carbonyl (C=O) groups excluding carboxylic acids is 2. The van der Waals surface area contributed by atoms with Gasteiger partial charge in [0.1, 0.15) is 5.70 Å². The van der Waals surface area contributed by atoms with E-state index in [-0.39, 0.29) is 5.91 Å². The number of nitrogens with one attached hydrogen (secondary N) is 1. The molecule has 1 rings (SSSR count). The van der Waals surface area contributed by atoms with Gasteiger partial charge in [0.25, 0.3) is 0 Å². The minimum atomic E-state index is -0.408. The van der Waals surface area contributed by atoms with Crippen LogP contribution in [0, 0.1) is 0 Å². The lowest BCUT2D eigenvalue weighted by Crippen LogP contribution is -2.28. The molecule has 0 atom stereocenters. The second kappa shape index (κ2) is 6.30. The molecule has 1 N–H and O–H groups in total. The molecule has 0 aromatic rings. The molecule has 0 aliphatic heterocycles. The maximum absolute atomic E-state index is 11.7. The smallest absolute Gasteiger partial charge is 0.354 e. The molecule has 0 aromatic carbocycles. The van der Waals surface area contributed by atoms with Gasteiger partial charge in [0.05, 0.1) is 6.61 Å². The number of amides is 1. The molecule has 1 amide bonds. The van der Waals surface area contributed by atoms with Gasteiger partial charge >= 0.3 is 5.97 Å². The highest BCUT2D eigenvalue weighted by Crippen LogP contribution is 2.25. The Morgan fingerprint density at radius 1 is 1.25 bits per heavy atom. The quantitative estimate of drug-likeness (QED) is 0.589. The first kappa shape index (κ1) is 12.7. The van der Waals surface area contributed by atoms with Crippen molar-refractivity contribution in [3.05, 3.63) is 11.3 Å². The Kier molecular flexibility index (Phi) is 5.02. The summed E-state index contributed by atoms with van der Waals surface area (Å²) in [7, 11) is 0. The first-order valence-corrected chi connectivity index (χ1v) is 5.82. The monoisotopic (exact) mass is 225 g/mol. The number of hydrogen-bond donors (Lipinski definition) is 1. The minimum absolute atomic E-state index is 0.221. The fourth-order valence-corrected chi connectivity index (χ4v) is 1.89. The lowest BCUT2D eigenvalue weighted by atomic mass is 9.93. The van der Waals surface area contributed by atoms with Crippen molar-refractivity contribution >= 4 is 11.9 Å². The molecule has 0 unspecified atom stereocenters. The van der Waals surface area contributed by atoms with Crippen LogP contribution in [0.25, 0.3) is 0 Å². The molecule has 1 saturated carbocycles. The molecule has 0 heterocycles. The summed E-state index contributed by atoms with van der Waals surface area (Å²) >= 11 is 0. The van der Waals surface area contributed by atoms with Gasteiger partial charge in [-0.25, -0.2) is 4.79 Å². The number of carbonyl (C=O) groups is 2. The van der Waals surface area contributed by atoms with E-state index in [4.69, 9.17) is 4.74 Å². The van der Waals surface area contributed by atoms with Crippen molar-refractivity contribution in [3.8, 4) is 0 Å². The number of ether oxygens (including phenoxy) is 1. The molecule has 1 fully saturated rings. The van der Waals surface area contributed by atoms with E-state index in [2.05, 4.69) is 5.32 Å². The van der Waals surface area contributed by atoms with Crippen molar-refractivity contribution in [2.45, 2.75) is 46.0 Å². The maximum atomic E-state index is 11.7. The Hall–Kier alpha value is -1.32. The van der Waals surface area contributed by atoms with Crippen LogP contribution in [-0.4, -0.2) is 18.5 Å². The largest absolute Gasteiger partial charge is 0.461 e. The van der Waals surface area contributed by atoms with E-state index in [1.54, 1.807) is 6.92 Å². The molecule has 16 heavy (non-hydrogen) atoms. The van der Waals surface area contributed by atoms with Gasteiger partial charge in [-0.3, -0.25) is 4.79 Å². The average molecular weight is 225 g/mol. The van der Waals surface area contributed by atoms with Crippen molar-refractivity contribution in [3.63, 3.8) is 0 Å². The number of esters is 1. The molecule has 0 spiro atoms. The van der Waals surface area contributed by atoms with Gasteiger partial charge in [-0.05, 0) is 38.2 Å². The summed E-state index contributed by atoms with van der Waals surface area (Å²) in [6, 6.07) is 0. The van der Waals surface area contributed by atoms with E-state index >= 15 is 0 Å². The minimum Gasteiger partial charge on any atom is -0.461 e. The van der Waals surface area contributed by atoms with Gasteiger partial charge in [-0.15, -0.1) is 0 Å². The molecular weight excluding hydrogens is 206 g/mol. The van der Waals surface area contributed by atoms with Crippen LogP contribution in [0.3, 0.4) is 0 Å². The van der Waals surface area contributed by atoms with Crippen LogP contribution in [0.2, 0.25) is 0 Å². The SMILES string of the molecule is CCOC(=O)C(NC(C)=O)=C1CCCCC1. The Bertz CT molecular complexity index is 299. The average Bonchev–Trinajstić information content (AvgIpc) is 2.27. The fourth-order valence-electron chi connectivity index (χ4n) is 1.89. The van der Waals surface area contributed by atoms with Crippen molar-refractivity contribution in [1.82, 2.24) is 5.32 Å². The zero-order valence-electron chi connectivity index (χ0n) is 9.97. The molecule has 4 heteroatoms. The number of hydrogen-bond acceptors (Lipinski definition) is 3. The second-order valence-corrected chi connectivity index (χ2v) is 3.94. The lowest BCUT2D eigenvalue weighted by molar-refractivity contribution is -0.140. The molecular formula is C12H19NO3. The van der Waals surface area contributed by atoms with E-state index in [9.17, 15) is 9.59 Å². The van der Waals surface area contributed by atoms with Crippen LogP contribution in [0.15, 0.2) is 11.3 Å². The lowest BCUT2D eigenvalue weighted by Gasteiger charge is -2.18. The highest BCUT2D eigenvalue weighted by Gasteiger charge is 2.19. The van der Waals surface area contributed by atoms with Crippen LogP contribution in [-0.2, 0) is 14.3 Å². The number of allylic oxidation sites excluding steroid dienone is 1. The van der Waals surface area contributed by atoms with Crippen molar-refractivity contribution in [1.29, 1.82) is 0 Å². The molecule has 4 nitrogen and oxygen atoms in total. The van der Waals surface area contributed by atoms with E-state index in [0.717, 1.165) is 31.3 Å². The molecule has 0 bridgehead atoms. The summed E-state index contributed by atoms with van der Waals surface area (Å²) in [5, 5.41) is 2.60. The third kappa shape index (κ3) is 3.68. The van der Waals surface area contributed by atoms with E-state index in [0.29, 0.717) is 12.3 Å². The normalized spacial score (nSPS) is 15.5. The summed E-state index contributed by atoms with van der Waals surface area (Å²) < 4.78 is 4.95. The summed E-state index contributed by atoms with van der Waals surface area (Å²) in [5.41, 5.74) is 1.40. The third-order valence-electron chi connectivity index (χ3n) is 2.59. The summed E-state index contributed by atoms with van der Waals surface area (Å²) in [4.78, 5) is 22.7. The van der Waals surface area contributed by atoms with Crippen molar-refractivity contribution in [2.24, 2.45) is 0 Å². The molecule has 1 aliphatic rings. The third-order valence-corrected chi connectivity index (χ3v) is 2.59. The molecule has 0 aromatic heterocycles. The predicted octanol–water partition coefficient (Wildman–Crippen LogP) is 1.90. The van der Waals surface area contributed by atoms with Gasteiger partial charge in [0, 0.05) is 6.92 Å². The maximum Gasteiger partial charge on any atom is 0.354 e. The van der Waals surface area contributed by atoms with Gasteiger partial charge < -0.3 is 10.1 Å². The van der Waals surface area contributed by atoms with E-state index in [1.807, 2.05) is 0 Å². The molecule has 1 aliphatic carbocycles. The Morgan fingerprint density at radius 2 is 1.88 bits per heavy atom. The predicted molar refractivity (Wildman–Crippen MR) is 60.6 cm³/mol. The van der Waals surface area contributed by atoms with Gasteiger partial charge in [-0.1, -0.05) is 6.42 Å². The summed E-state index contributed by atoms with van der Waals surface area (Å²) in [5.74, 6) is -0.629. The van der Waals surface area contributed by atoms with Crippen LogP contribution >= 0.6 is 0 Å². The van der Waals surface area contributed by atoms with Crippen LogP contribution < -0.4 is 5.32 Å². The topological polar surface area (TPSA) is 55.4 Å². The summed E-state index contributed by atoms with van der Waals surface area (Å²) in [6.45, 7) is 3.49. The van der Waals surface area contributed by atoms with Crippen LogP contribution in [0.5, 0.6) is 0 Å². The Balaban J connectivity index is 2.83. The zero-order valence-corrected chi connectivity index (χ0v) is 9.97. The Labute approximate surface area is 96.0 Å². The fraction of sp³-hybridized carbons (Fsp3) is 0.667. The van der Waals surface area contributed by atoms with Crippen molar-refractivity contribution < 1.29 is 14.3 Å². The standard InChI is InChI=1S/C12H19NO3/c1-3-16-12(15)11(13-9(2)14)10-7-5-4-6-8-10/h3-8H2,1-2H3,(H,13,14).